The Bertz CT molecular complexity index is 292. The Morgan fingerprint density at radius 3 is 0.944 bits per heavy atom. The van der Waals surface area contributed by atoms with E-state index < -0.39 is 23.5 Å². The molecule has 0 aliphatic rings. The standard InChI is InChI=1S/2Na.H5O10P3.3H2O.2H/c;;1-11(2,3)9-13(7,8)10-12(4,5)6;;;;;/h;;(H,7,8)(H2,1,2,3)(H2,4,5,6);3*1H2;;/q2*+1;;;;;2*-1. The van der Waals surface area contributed by atoms with Gasteiger partial charge in [-0.1, -0.05) is 0 Å². The van der Waals surface area contributed by atoms with Crippen LogP contribution in [0.15, 0.2) is 0 Å². The molecule has 0 atom stereocenters. The van der Waals surface area contributed by atoms with Gasteiger partial charge in [-0.2, -0.15) is 8.62 Å². The molecule has 0 spiro atoms. The van der Waals surface area contributed by atoms with Gasteiger partial charge in [0.05, 0.1) is 0 Å². The Balaban J connectivity index is -0.0000000343. The molecule has 13 nitrogen and oxygen atoms in total. The van der Waals surface area contributed by atoms with Crippen LogP contribution in [0.25, 0.3) is 0 Å². The van der Waals surface area contributed by atoms with Gasteiger partial charge in [-0.15, -0.1) is 0 Å². The van der Waals surface area contributed by atoms with Crippen LogP contribution in [0.4, 0.5) is 0 Å². The maximum absolute atomic E-state index is 10.4. The largest absolute Gasteiger partial charge is 1.00 e. The minimum atomic E-state index is -5.46. The van der Waals surface area contributed by atoms with E-state index in [1.165, 1.54) is 0 Å². The molecule has 0 saturated carbocycles. The summed E-state index contributed by atoms with van der Waals surface area (Å²) in [7, 11) is -16.2. The van der Waals surface area contributed by atoms with Crippen molar-refractivity contribution in [2.24, 2.45) is 0 Å². The summed E-state index contributed by atoms with van der Waals surface area (Å²) in [6.07, 6.45) is 0. The van der Waals surface area contributed by atoms with Crippen molar-refractivity contribution in [3.63, 3.8) is 0 Å². The van der Waals surface area contributed by atoms with Crippen LogP contribution in [-0.2, 0) is 22.3 Å². The number of hydrogen-bond acceptors (Lipinski definition) is 5. The van der Waals surface area contributed by atoms with E-state index in [1.807, 2.05) is 0 Å². The summed E-state index contributed by atoms with van der Waals surface area (Å²) in [6.45, 7) is 0. The zero-order valence-electron chi connectivity index (χ0n) is 11.1. The van der Waals surface area contributed by atoms with Crippen LogP contribution < -0.4 is 59.1 Å². The van der Waals surface area contributed by atoms with Crippen LogP contribution in [0, 0.1) is 0 Å². The molecule has 18 heavy (non-hydrogen) atoms. The van der Waals surface area contributed by atoms with E-state index in [9.17, 15) is 13.7 Å². The molecule has 0 heterocycles. The molecule has 0 bridgehead atoms. The second-order valence-corrected chi connectivity index (χ2v) is 5.82. The summed E-state index contributed by atoms with van der Waals surface area (Å²) in [5.74, 6) is 0. The first-order chi connectivity index (χ1) is 5.41. The first-order valence-electron chi connectivity index (χ1n) is 2.28. The fourth-order valence-corrected chi connectivity index (χ4v) is 2.82. The average molecular weight is 360 g/mol. The molecule has 0 aromatic carbocycles. The SMILES string of the molecule is O.O.O.O=P(O)(O)OP(=O)(O)OP(=O)(O)O.[H-].[H-].[Na+].[Na+]. The summed E-state index contributed by atoms with van der Waals surface area (Å²) in [4.78, 5) is 40.2. The quantitative estimate of drug-likeness (QED) is 0.233. The third-order valence-electron chi connectivity index (χ3n) is 0.419. The van der Waals surface area contributed by atoms with Crippen molar-refractivity contribution in [3.8, 4) is 0 Å². The second kappa shape index (κ2) is 13.0. The van der Waals surface area contributed by atoms with Crippen LogP contribution in [-0.4, -0.2) is 40.9 Å². The van der Waals surface area contributed by atoms with Gasteiger partial charge in [0.25, 0.3) is 0 Å². The zero-order valence-corrected chi connectivity index (χ0v) is 15.8. The molecule has 0 aliphatic carbocycles. The molecule has 0 aliphatic heterocycles. The van der Waals surface area contributed by atoms with Gasteiger partial charge in [0, 0.05) is 0 Å². The van der Waals surface area contributed by atoms with E-state index in [0.29, 0.717) is 0 Å². The summed E-state index contributed by atoms with van der Waals surface area (Å²) in [5, 5.41) is 0. The van der Waals surface area contributed by atoms with E-state index in [1.54, 1.807) is 0 Å². The molecule has 0 unspecified atom stereocenters. The molecule has 0 rings (SSSR count). The second-order valence-electron chi connectivity index (χ2n) is 1.61. The third-order valence-corrected chi connectivity index (χ3v) is 3.77. The molecule has 108 valence electrons. The summed E-state index contributed by atoms with van der Waals surface area (Å²) >= 11 is 0. The van der Waals surface area contributed by atoms with Crippen LogP contribution in [0.3, 0.4) is 0 Å². The third kappa shape index (κ3) is 26.8. The topological polar surface area (TPSA) is 265 Å². The van der Waals surface area contributed by atoms with Gasteiger partial charge in [-0.25, -0.2) is 13.7 Å². The van der Waals surface area contributed by atoms with E-state index >= 15 is 0 Å². The van der Waals surface area contributed by atoms with Crippen molar-refractivity contribution in [1.29, 1.82) is 0 Å². The molecule has 18 heteroatoms. The summed E-state index contributed by atoms with van der Waals surface area (Å²) in [6, 6.07) is 0. The van der Waals surface area contributed by atoms with Gasteiger partial charge < -0.3 is 43.7 Å². The van der Waals surface area contributed by atoms with Crippen LogP contribution in [0.5, 0.6) is 0 Å². The molecular formula is H13Na2O13P3. The first kappa shape index (κ1) is 37.0. The van der Waals surface area contributed by atoms with Gasteiger partial charge in [-0.05, 0) is 0 Å². The van der Waals surface area contributed by atoms with E-state index in [-0.39, 0.29) is 78.4 Å². The molecule has 0 amide bonds. The van der Waals surface area contributed by atoms with Crippen molar-refractivity contribution in [1.82, 2.24) is 0 Å². The van der Waals surface area contributed by atoms with E-state index in [0.717, 1.165) is 0 Å². The number of hydrogen-bond donors (Lipinski definition) is 5. The van der Waals surface area contributed by atoms with Gasteiger partial charge in [0.15, 0.2) is 0 Å². The molecule has 0 aromatic heterocycles. The minimum Gasteiger partial charge on any atom is -1.00 e. The summed E-state index contributed by atoms with van der Waals surface area (Å²) in [5.41, 5.74) is 0. The smallest absolute Gasteiger partial charge is 1.00 e. The molecule has 11 N–H and O–H groups in total. The Morgan fingerprint density at radius 2 is 0.833 bits per heavy atom. The number of phosphoric acid groups is 3. The van der Waals surface area contributed by atoms with Gasteiger partial charge >= 0.3 is 82.6 Å². The number of rotatable bonds is 4. The normalized spacial score (nSPS) is 10.5. The molecule has 0 saturated heterocycles. The molecule has 0 fully saturated rings. The Kier molecular flexibility index (Phi) is 26.7. The molecule has 0 aromatic rings. The van der Waals surface area contributed by atoms with Gasteiger partial charge in [0.2, 0.25) is 0 Å². The van der Waals surface area contributed by atoms with Crippen LogP contribution in [0.2, 0.25) is 0 Å². The predicted octanol–water partition coefficient (Wildman–Crippen LogP) is -8.94. The maximum atomic E-state index is 10.4. The zero-order chi connectivity index (χ0) is 10.9. The maximum Gasteiger partial charge on any atom is 1.00 e. The molecular weight excluding hydrogens is 347 g/mol. The van der Waals surface area contributed by atoms with Crippen molar-refractivity contribution in [2.45, 2.75) is 0 Å². The summed E-state index contributed by atoms with van der Waals surface area (Å²) < 4.78 is 36.4. The van der Waals surface area contributed by atoms with Crippen LogP contribution in [0.1, 0.15) is 2.85 Å². The van der Waals surface area contributed by atoms with Crippen molar-refractivity contribution in [3.05, 3.63) is 0 Å². The minimum absolute atomic E-state index is 0. The van der Waals surface area contributed by atoms with Gasteiger partial charge in [0.1, 0.15) is 0 Å². The van der Waals surface area contributed by atoms with E-state index in [4.69, 9.17) is 24.5 Å². The monoisotopic (exact) mass is 360 g/mol. The predicted molar refractivity (Wildman–Crippen MR) is 49.1 cm³/mol. The Labute approximate surface area is 147 Å². The molecule has 0 radical (unpaired) electrons. The van der Waals surface area contributed by atoms with Crippen LogP contribution >= 0.6 is 23.5 Å². The average Bonchev–Trinajstić information content (AvgIpc) is 1.43. The van der Waals surface area contributed by atoms with E-state index in [2.05, 4.69) is 8.62 Å². The first-order valence-corrected chi connectivity index (χ1v) is 6.83. The van der Waals surface area contributed by atoms with Crippen molar-refractivity contribution < 1.29 is 125 Å². The van der Waals surface area contributed by atoms with Crippen molar-refractivity contribution in [2.75, 3.05) is 0 Å². The Morgan fingerprint density at radius 1 is 0.667 bits per heavy atom. The van der Waals surface area contributed by atoms with Gasteiger partial charge in [-0.3, -0.25) is 0 Å². The fraction of sp³-hybridized carbons (Fsp3) is 0. The fourth-order valence-electron chi connectivity index (χ4n) is 0.284. The van der Waals surface area contributed by atoms with Crippen molar-refractivity contribution >= 4 is 23.5 Å². The Hall–Kier alpha value is 2.29.